The molecule has 2 aliphatic rings. The van der Waals surface area contributed by atoms with Crippen LogP contribution in [0.2, 0.25) is 0 Å². The first-order valence-electron chi connectivity index (χ1n) is 12.3. The van der Waals surface area contributed by atoms with Crippen LogP contribution < -0.4 is 15.1 Å². The topological polar surface area (TPSA) is 127 Å². The maximum atomic E-state index is 12.4. The first kappa shape index (κ1) is 25.3. The first-order valence-corrected chi connectivity index (χ1v) is 12.3. The van der Waals surface area contributed by atoms with E-state index in [4.69, 9.17) is 13.9 Å². The predicted octanol–water partition coefficient (Wildman–Crippen LogP) is 3.50. The molecule has 1 unspecified atom stereocenters. The number of carboxylic acid groups (broad SMARTS) is 1. The smallest absolute Gasteiger partial charge is 0.352 e. The Balaban J connectivity index is 1.17. The highest BCUT2D eigenvalue weighted by molar-refractivity contribution is 6.00. The van der Waals surface area contributed by atoms with Gasteiger partial charge in [0, 0.05) is 23.4 Å². The van der Waals surface area contributed by atoms with Gasteiger partial charge >= 0.3 is 11.6 Å². The highest BCUT2D eigenvalue weighted by atomic mass is 16.5. The molecule has 1 fully saturated rings. The van der Waals surface area contributed by atoms with Crippen LogP contribution in [-0.2, 0) is 16.2 Å². The van der Waals surface area contributed by atoms with Crippen molar-refractivity contribution in [2.24, 2.45) is 11.8 Å². The molecule has 3 aromatic rings. The van der Waals surface area contributed by atoms with E-state index in [0.717, 1.165) is 10.9 Å². The SMILES string of the molecule is C[C@H]1C(/C=C/COc2ccc(COc3ccc4ccc(=O)oc4c3)cc2)=C(C(=O)O)N2C(=O)[C@H]([C@@H](C)O)C12. The molecule has 0 radical (unpaired) electrons. The van der Waals surface area contributed by atoms with Gasteiger partial charge in [-0.2, -0.15) is 0 Å². The van der Waals surface area contributed by atoms with Gasteiger partial charge in [0.1, 0.15) is 36.0 Å². The number of aliphatic carboxylic acids is 1. The van der Waals surface area contributed by atoms with Crippen LogP contribution in [0.25, 0.3) is 11.0 Å². The van der Waals surface area contributed by atoms with E-state index >= 15 is 0 Å². The van der Waals surface area contributed by atoms with Gasteiger partial charge in [0.15, 0.2) is 0 Å². The van der Waals surface area contributed by atoms with Crippen molar-refractivity contribution < 1.29 is 33.7 Å². The Labute approximate surface area is 218 Å². The molecule has 2 aliphatic heterocycles. The van der Waals surface area contributed by atoms with E-state index in [1.165, 1.54) is 11.0 Å². The lowest BCUT2D eigenvalue weighted by atomic mass is 9.78. The minimum absolute atomic E-state index is 0.0291. The van der Waals surface area contributed by atoms with E-state index < -0.39 is 23.6 Å². The van der Waals surface area contributed by atoms with Crippen LogP contribution in [0.1, 0.15) is 19.4 Å². The molecule has 38 heavy (non-hydrogen) atoms. The highest BCUT2D eigenvalue weighted by Crippen LogP contribution is 2.47. The van der Waals surface area contributed by atoms with Crippen LogP contribution in [0.3, 0.4) is 0 Å². The highest BCUT2D eigenvalue weighted by Gasteiger charge is 2.59. The quantitative estimate of drug-likeness (QED) is 0.326. The monoisotopic (exact) mass is 517 g/mol. The number of β-lactam (4-membered cyclic amide) rings is 1. The van der Waals surface area contributed by atoms with Crippen molar-refractivity contribution in [1.82, 2.24) is 4.90 Å². The van der Waals surface area contributed by atoms with Gasteiger partial charge in [0.05, 0.1) is 18.1 Å². The van der Waals surface area contributed by atoms with Crippen molar-refractivity contribution >= 4 is 22.8 Å². The average Bonchev–Trinajstić information content (AvgIpc) is 3.13. The van der Waals surface area contributed by atoms with Crippen molar-refractivity contribution in [2.45, 2.75) is 32.6 Å². The van der Waals surface area contributed by atoms with Crippen molar-refractivity contribution in [3.05, 3.63) is 94.0 Å². The number of amides is 1. The fraction of sp³-hybridized carbons (Fsp3) is 0.276. The van der Waals surface area contributed by atoms with Crippen LogP contribution in [0.5, 0.6) is 11.5 Å². The van der Waals surface area contributed by atoms with Crippen LogP contribution >= 0.6 is 0 Å². The van der Waals surface area contributed by atoms with Gasteiger partial charge in [-0.15, -0.1) is 0 Å². The Bertz CT molecular complexity index is 1500. The minimum Gasteiger partial charge on any atom is -0.490 e. The second kappa shape index (κ2) is 10.2. The largest absolute Gasteiger partial charge is 0.490 e. The molecule has 0 spiro atoms. The second-order valence-electron chi connectivity index (χ2n) is 9.46. The summed E-state index contributed by atoms with van der Waals surface area (Å²) in [7, 11) is 0. The van der Waals surface area contributed by atoms with E-state index in [-0.39, 0.29) is 30.2 Å². The number of benzene rings is 2. The zero-order chi connectivity index (χ0) is 27.0. The number of hydrogen-bond donors (Lipinski definition) is 2. The number of ether oxygens (including phenoxy) is 2. The Morgan fingerprint density at radius 3 is 2.50 bits per heavy atom. The lowest BCUT2D eigenvalue weighted by molar-refractivity contribution is -0.163. The molecule has 5 rings (SSSR count). The normalized spacial score (nSPS) is 21.5. The summed E-state index contributed by atoms with van der Waals surface area (Å²) in [6, 6.07) is 15.4. The first-order chi connectivity index (χ1) is 18.2. The van der Waals surface area contributed by atoms with Gasteiger partial charge in [-0.05, 0) is 54.5 Å². The van der Waals surface area contributed by atoms with Gasteiger partial charge < -0.3 is 29.0 Å². The molecule has 9 nitrogen and oxygen atoms in total. The van der Waals surface area contributed by atoms with Crippen molar-refractivity contribution in [1.29, 1.82) is 0 Å². The molecular weight excluding hydrogens is 490 g/mol. The third-order valence-electron chi connectivity index (χ3n) is 7.00. The number of carboxylic acids is 1. The van der Waals surface area contributed by atoms with Crippen molar-refractivity contribution in [3.8, 4) is 11.5 Å². The average molecular weight is 518 g/mol. The van der Waals surface area contributed by atoms with Gasteiger partial charge in [-0.1, -0.05) is 25.1 Å². The van der Waals surface area contributed by atoms with E-state index in [1.807, 2.05) is 43.3 Å². The van der Waals surface area contributed by atoms with Gasteiger partial charge in [0.25, 0.3) is 0 Å². The number of aliphatic hydroxyl groups excluding tert-OH is 1. The molecule has 1 saturated heterocycles. The number of allylic oxidation sites excluding steroid dienone is 1. The number of hydrogen-bond acceptors (Lipinski definition) is 7. The van der Waals surface area contributed by atoms with Crippen LogP contribution in [0.15, 0.2) is 87.2 Å². The van der Waals surface area contributed by atoms with Crippen LogP contribution in [0.4, 0.5) is 0 Å². The maximum absolute atomic E-state index is 12.4. The van der Waals surface area contributed by atoms with Crippen LogP contribution in [0, 0.1) is 11.8 Å². The van der Waals surface area contributed by atoms with E-state index in [0.29, 0.717) is 29.3 Å². The molecule has 0 bridgehead atoms. The number of carbonyl (C=O) groups is 2. The van der Waals surface area contributed by atoms with Gasteiger partial charge in [-0.3, -0.25) is 4.79 Å². The summed E-state index contributed by atoms with van der Waals surface area (Å²) >= 11 is 0. The number of aliphatic hydroxyl groups is 1. The molecule has 4 atom stereocenters. The van der Waals surface area contributed by atoms with Crippen molar-refractivity contribution in [3.63, 3.8) is 0 Å². The molecule has 1 amide bonds. The second-order valence-corrected chi connectivity index (χ2v) is 9.46. The summed E-state index contributed by atoms with van der Waals surface area (Å²) in [5, 5.41) is 20.5. The number of nitrogens with zero attached hydrogens (tertiary/aromatic N) is 1. The Hall–Kier alpha value is -4.37. The molecular formula is C29H27NO8. The zero-order valence-corrected chi connectivity index (χ0v) is 20.9. The van der Waals surface area contributed by atoms with Crippen molar-refractivity contribution in [2.75, 3.05) is 6.61 Å². The summed E-state index contributed by atoms with van der Waals surface area (Å²) in [4.78, 5) is 37.0. The van der Waals surface area contributed by atoms with E-state index in [9.17, 15) is 24.6 Å². The lowest BCUT2D eigenvalue weighted by Gasteiger charge is -2.46. The standard InChI is InChI=1S/C29H27NO8/c1-16-22(27(29(34)35)30-26(16)25(17(2)31)28(30)33)4-3-13-36-20-9-5-18(6-10-20)15-37-21-11-7-19-8-12-24(32)38-23(19)14-21/h3-12,14,16-17,25-26,31H,13,15H2,1-2H3,(H,34,35)/b4-3+/t16-,17+,25+,26?/m0/s1. The molecule has 2 N–H and O–H groups in total. The molecule has 3 heterocycles. The minimum atomic E-state index is -1.16. The van der Waals surface area contributed by atoms with Gasteiger partial charge in [-0.25, -0.2) is 9.59 Å². The third kappa shape index (κ3) is 4.68. The molecule has 0 aliphatic carbocycles. The maximum Gasteiger partial charge on any atom is 0.352 e. The summed E-state index contributed by atoms with van der Waals surface area (Å²) < 4.78 is 16.8. The molecule has 2 aromatic carbocycles. The fourth-order valence-electron chi connectivity index (χ4n) is 5.11. The number of carbonyl (C=O) groups excluding carboxylic acids is 1. The fourth-order valence-corrected chi connectivity index (χ4v) is 5.11. The molecule has 0 saturated carbocycles. The predicted molar refractivity (Wildman–Crippen MR) is 138 cm³/mol. The molecule has 9 heteroatoms. The Kier molecular flexibility index (Phi) is 6.77. The summed E-state index contributed by atoms with van der Waals surface area (Å²) in [6.07, 6.45) is 2.57. The number of fused-ring (bicyclic) bond motifs is 2. The Morgan fingerprint density at radius 1 is 1.08 bits per heavy atom. The zero-order valence-electron chi connectivity index (χ0n) is 20.9. The Morgan fingerprint density at radius 2 is 1.79 bits per heavy atom. The summed E-state index contributed by atoms with van der Waals surface area (Å²) in [6.45, 7) is 3.94. The summed E-state index contributed by atoms with van der Waals surface area (Å²) in [5.41, 5.74) is 1.48. The third-order valence-corrected chi connectivity index (χ3v) is 7.00. The van der Waals surface area contributed by atoms with E-state index in [1.54, 1.807) is 31.2 Å². The molecule has 196 valence electrons. The summed E-state index contributed by atoms with van der Waals surface area (Å²) in [5.74, 6) is -1.11. The lowest BCUT2D eigenvalue weighted by Crippen LogP contribution is -2.63. The number of rotatable bonds is 9. The van der Waals surface area contributed by atoms with Gasteiger partial charge in [0.2, 0.25) is 5.91 Å². The van der Waals surface area contributed by atoms with E-state index in [2.05, 4.69) is 0 Å². The molecule has 1 aromatic heterocycles. The van der Waals surface area contributed by atoms with Crippen LogP contribution in [-0.4, -0.2) is 45.7 Å².